The van der Waals surface area contributed by atoms with Gasteiger partial charge in [-0.1, -0.05) is 37.6 Å². The van der Waals surface area contributed by atoms with Gasteiger partial charge in [-0.2, -0.15) is 13.2 Å². The first-order valence-electron chi connectivity index (χ1n) is 15.1. The molecule has 1 fully saturated rings. The monoisotopic (exact) mass is 637 g/mol. The fourth-order valence-electron chi connectivity index (χ4n) is 6.57. The highest BCUT2D eigenvalue weighted by Crippen LogP contribution is 2.47. The lowest BCUT2D eigenvalue weighted by atomic mass is 9.72. The summed E-state index contributed by atoms with van der Waals surface area (Å²) in [6.07, 6.45) is -3.63. The second-order valence-corrected chi connectivity index (χ2v) is 12.9. The van der Waals surface area contributed by atoms with Crippen molar-refractivity contribution in [2.75, 3.05) is 20.8 Å². The van der Waals surface area contributed by atoms with E-state index >= 15 is 0 Å². The van der Waals surface area contributed by atoms with Crippen LogP contribution in [0.2, 0.25) is 0 Å². The van der Waals surface area contributed by atoms with Gasteiger partial charge in [-0.25, -0.2) is 9.59 Å². The standard InChI is InChI=1S/C36H38F3NO6/c1-20-13-24(15-26(14-20)36(37,38)39)32-21(2)40(34(43)46-32)19-25-18-35(3,4)12-11-27(25)29-16-22(8-10-30(29)44-5)23-7-9-28(33(41)42)31(17-23)45-6/h7-10,13-17,21,32H,11-12,18-19H2,1-6H3,(H,41,42)/t21-,32-/m0/s1. The number of carbonyl (C=O) groups excluding carboxylic acids is 1. The van der Waals surface area contributed by atoms with Gasteiger partial charge in [0.25, 0.3) is 0 Å². The minimum absolute atomic E-state index is 0.0475. The summed E-state index contributed by atoms with van der Waals surface area (Å²) in [4.78, 5) is 26.5. The number of allylic oxidation sites excluding steroid dienone is 1. The van der Waals surface area contributed by atoms with Crippen molar-refractivity contribution in [1.29, 1.82) is 0 Å². The normalized spacial score (nSPS) is 19.7. The zero-order chi connectivity index (χ0) is 33.6. The SMILES string of the molecule is COc1cc(-c2ccc(OC)c(C3=C(CN4C(=O)O[C@H](c5cc(C)cc(C(F)(F)F)c5)[C@@H]4C)CC(C)(C)CC3)c2)ccc1C(=O)O. The average Bonchev–Trinajstić information content (AvgIpc) is 3.27. The van der Waals surface area contributed by atoms with Crippen molar-refractivity contribution >= 4 is 17.6 Å². The second-order valence-electron chi connectivity index (χ2n) is 12.9. The van der Waals surface area contributed by atoms with Gasteiger partial charge in [0.2, 0.25) is 0 Å². The van der Waals surface area contributed by atoms with E-state index in [0.717, 1.165) is 52.8 Å². The molecule has 46 heavy (non-hydrogen) atoms. The smallest absolute Gasteiger partial charge is 0.416 e. The van der Waals surface area contributed by atoms with Crippen molar-refractivity contribution in [2.45, 2.75) is 65.3 Å². The van der Waals surface area contributed by atoms with Crippen LogP contribution >= 0.6 is 0 Å². The van der Waals surface area contributed by atoms with Gasteiger partial charge in [0.1, 0.15) is 23.2 Å². The summed E-state index contributed by atoms with van der Waals surface area (Å²) in [5, 5.41) is 9.52. The number of carboxylic acid groups (broad SMARTS) is 1. The summed E-state index contributed by atoms with van der Waals surface area (Å²) < 4.78 is 57.6. The van der Waals surface area contributed by atoms with Gasteiger partial charge in [-0.05, 0) is 103 Å². The summed E-state index contributed by atoms with van der Waals surface area (Å²) in [6, 6.07) is 14.0. The first-order valence-corrected chi connectivity index (χ1v) is 15.1. The molecule has 0 radical (unpaired) electrons. The van der Waals surface area contributed by atoms with Crippen LogP contribution in [-0.4, -0.2) is 48.9 Å². The van der Waals surface area contributed by atoms with Gasteiger partial charge in [0.15, 0.2) is 0 Å². The first kappa shape index (κ1) is 32.9. The van der Waals surface area contributed by atoms with Gasteiger partial charge in [0.05, 0.1) is 25.8 Å². The maximum absolute atomic E-state index is 13.6. The zero-order valence-corrected chi connectivity index (χ0v) is 26.7. The van der Waals surface area contributed by atoms with Gasteiger partial charge < -0.3 is 19.3 Å². The minimum atomic E-state index is -4.52. The van der Waals surface area contributed by atoms with Crippen LogP contribution < -0.4 is 9.47 Å². The van der Waals surface area contributed by atoms with E-state index in [2.05, 4.69) is 13.8 Å². The Morgan fingerprint density at radius 3 is 2.35 bits per heavy atom. The highest BCUT2D eigenvalue weighted by atomic mass is 19.4. The van der Waals surface area contributed by atoms with E-state index in [-0.39, 0.29) is 23.3 Å². The molecule has 0 bridgehead atoms. The molecule has 3 aromatic rings. The number of rotatable bonds is 8. The Morgan fingerprint density at radius 1 is 1.02 bits per heavy atom. The molecule has 2 atom stereocenters. The summed E-state index contributed by atoms with van der Waals surface area (Å²) in [6.45, 7) is 8.00. The molecule has 3 aromatic carbocycles. The van der Waals surface area contributed by atoms with Crippen molar-refractivity contribution in [2.24, 2.45) is 5.41 Å². The number of carbonyl (C=O) groups is 2. The third-order valence-electron chi connectivity index (χ3n) is 8.97. The lowest BCUT2D eigenvalue weighted by Gasteiger charge is -2.36. The highest BCUT2D eigenvalue weighted by molar-refractivity contribution is 5.92. The Labute approximate surface area is 266 Å². The predicted octanol–water partition coefficient (Wildman–Crippen LogP) is 8.94. The lowest BCUT2D eigenvalue weighted by Crippen LogP contribution is -2.35. The van der Waals surface area contributed by atoms with Crippen LogP contribution in [0.5, 0.6) is 11.5 Å². The van der Waals surface area contributed by atoms with E-state index in [1.807, 2.05) is 18.2 Å². The van der Waals surface area contributed by atoms with Crippen LogP contribution in [0.1, 0.15) is 78.7 Å². The van der Waals surface area contributed by atoms with Crippen LogP contribution in [0.4, 0.5) is 18.0 Å². The predicted molar refractivity (Wildman–Crippen MR) is 168 cm³/mol. The first-order chi connectivity index (χ1) is 21.6. The summed E-state index contributed by atoms with van der Waals surface area (Å²) in [7, 11) is 3.02. The van der Waals surface area contributed by atoms with E-state index < -0.39 is 35.9 Å². The maximum Gasteiger partial charge on any atom is 0.416 e. The summed E-state index contributed by atoms with van der Waals surface area (Å²) in [5.41, 5.74) is 4.50. The van der Waals surface area contributed by atoms with E-state index in [4.69, 9.17) is 14.2 Å². The second kappa shape index (κ2) is 12.4. The molecular weight excluding hydrogens is 599 g/mol. The van der Waals surface area contributed by atoms with Crippen LogP contribution in [0.3, 0.4) is 0 Å². The zero-order valence-electron chi connectivity index (χ0n) is 26.7. The third kappa shape index (κ3) is 6.57. The largest absolute Gasteiger partial charge is 0.496 e. The topological polar surface area (TPSA) is 85.3 Å². The van der Waals surface area contributed by atoms with E-state index in [0.29, 0.717) is 23.3 Å². The molecule has 0 aromatic heterocycles. The number of ether oxygens (including phenoxy) is 3. The van der Waals surface area contributed by atoms with Crippen molar-refractivity contribution in [1.82, 2.24) is 4.90 Å². The number of nitrogens with zero attached hydrogens (tertiary/aromatic N) is 1. The molecule has 5 rings (SSSR count). The molecule has 1 aliphatic heterocycles. The Bertz CT molecular complexity index is 1710. The number of aryl methyl sites for hydroxylation is 1. The quantitative estimate of drug-likeness (QED) is 0.266. The van der Waals surface area contributed by atoms with Crippen LogP contribution in [0.25, 0.3) is 16.7 Å². The number of hydrogen-bond acceptors (Lipinski definition) is 5. The van der Waals surface area contributed by atoms with Crippen molar-refractivity contribution in [3.05, 3.63) is 88.0 Å². The molecule has 1 saturated heterocycles. The molecule has 1 N–H and O–H groups in total. The number of aromatic carboxylic acids is 1. The molecule has 1 heterocycles. The van der Waals surface area contributed by atoms with Crippen LogP contribution in [0, 0.1) is 12.3 Å². The maximum atomic E-state index is 13.6. The molecule has 2 aliphatic rings. The Balaban J connectivity index is 1.54. The molecule has 10 heteroatoms. The number of benzene rings is 3. The van der Waals surface area contributed by atoms with Crippen molar-refractivity contribution < 1.29 is 42.1 Å². The van der Waals surface area contributed by atoms with Crippen molar-refractivity contribution in [3.8, 4) is 22.6 Å². The molecule has 0 spiro atoms. The number of alkyl halides is 3. The summed E-state index contributed by atoms with van der Waals surface area (Å²) in [5.74, 6) is -0.188. The molecule has 7 nitrogen and oxygen atoms in total. The third-order valence-corrected chi connectivity index (χ3v) is 8.97. The Morgan fingerprint density at radius 2 is 1.70 bits per heavy atom. The van der Waals surface area contributed by atoms with E-state index in [1.54, 1.807) is 44.1 Å². The minimum Gasteiger partial charge on any atom is -0.496 e. The van der Waals surface area contributed by atoms with Crippen LogP contribution in [0.15, 0.2) is 60.2 Å². The molecule has 1 amide bonds. The highest BCUT2D eigenvalue weighted by Gasteiger charge is 2.42. The number of amides is 1. The van der Waals surface area contributed by atoms with E-state index in [9.17, 15) is 27.9 Å². The van der Waals surface area contributed by atoms with Gasteiger partial charge in [-0.15, -0.1) is 0 Å². The van der Waals surface area contributed by atoms with E-state index in [1.165, 1.54) is 13.2 Å². The van der Waals surface area contributed by atoms with Gasteiger partial charge >= 0.3 is 18.2 Å². The van der Waals surface area contributed by atoms with Gasteiger partial charge in [0, 0.05) is 12.1 Å². The summed E-state index contributed by atoms with van der Waals surface area (Å²) >= 11 is 0. The number of cyclic esters (lactones) is 1. The fraction of sp³-hybridized carbons (Fsp3) is 0.389. The average molecular weight is 638 g/mol. The number of carboxylic acids is 1. The molecule has 0 saturated carbocycles. The molecular formula is C36H38F3NO6. The number of methoxy groups -OCH3 is 2. The lowest BCUT2D eigenvalue weighted by molar-refractivity contribution is -0.137. The van der Waals surface area contributed by atoms with Crippen LogP contribution in [-0.2, 0) is 10.9 Å². The molecule has 244 valence electrons. The van der Waals surface area contributed by atoms with Gasteiger partial charge in [-0.3, -0.25) is 4.90 Å². The number of halogens is 3. The molecule has 0 unspecified atom stereocenters. The molecule has 1 aliphatic carbocycles. The Hall–Kier alpha value is -4.47. The van der Waals surface area contributed by atoms with Crippen molar-refractivity contribution in [3.63, 3.8) is 0 Å². The number of hydrogen-bond donors (Lipinski definition) is 1. The fourth-order valence-corrected chi connectivity index (χ4v) is 6.57. The Kier molecular flexibility index (Phi) is 8.86.